The Kier molecular flexibility index (Phi) is 5.17. The first-order valence-corrected chi connectivity index (χ1v) is 7.94. The quantitative estimate of drug-likeness (QED) is 0.894. The van der Waals surface area contributed by atoms with Crippen LogP contribution in [0.1, 0.15) is 38.2 Å². The molecule has 0 bridgehead atoms. The molecule has 0 saturated carbocycles. The Hall–Kier alpha value is -0.670. The number of hydrogen-bond donors (Lipinski definition) is 1. The van der Waals surface area contributed by atoms with Crippen LogP contribution < -0.4 is 5.32 Å². The van der Waals surface area contributed by atoms with Gasteiger partial charge in [-0.15, -0.1) is 0 Å². The average molecular weight is 324 g/mol. The maximum atomic E-state index is 12.7. The summed E-state index contributed by atoms with van der Waals surface area (Å²) in [4.78, 5) is 12.7. The van der Waals surface area contributed by atoms with Crippen molar-refractivity contribution in [3.05, 3.63) is 34.3 Å². The fourth-order valence-electron chi connectivity index (χ4n) is 3.03. The third kappa shape index (κ3) is 3.67. The predicted molar refractivity (Wildman–Crippen MR) is 82.3 cm³/mol. The lowest BCUT2D eigenvalue weighted by molar-refractivity contribution is -0.130. The second kappa shape index (κ2) is 6.67. The molecule has 2 nitrogen and oxygen atoms in total. The zero-order chi connectivity index (χ0) is 13.7. The number of halogens is 1. The van der Waals surface area contributed by atoms with Gasteiger partial charge in [0.15, 0.2) is 0 Å². The molecule has 1 aromatic carbocycles. The molecular weight excluding hydrogens is 302 g/mol. The van der Waals surface area contributed by atoms with Crippen LogP contribution in [0.3, 0.4) is 0 Å². The Morgan fingerprint density at radius 1 is 1.26 bits per heavy atom. The van der Waals surface area contributed by atoms with E-state index in [0.717, 1.165) is 48.8 Å². The van der Waals surface area contributed by atoms with Crippen molar-refractivity contribution in [3.63, 3.8) is 0 Å². The summed E-state index contributed by atoms with van der Waals surface area (Å²) in [6.45, 7) is 4.13. The smallest absolute Gasteiger partial charge is 0.143 e. The van der Waals surface area contributed by atoms with Gasteiger partial charge in [-0.25, -0.2) is 0 Å². The molecule has 1 aliphatic heterocycles. The number of ketones is 1. The lowest BCUT2D eigenvalue weighted by Gasteiger charge is -2.36. The largest absolute Gasteiger partial charge is 0.317 e. The number of benzene rings is 1. The summed E-state index contributed by atoms with van der Waals surface area (Å²) >= 11 is 3.43. The molecule has 0 amide bonds. The maximum Gasteiger partial charge on any atom is 0.143 e. The minimum Gasteiger partial charge on any atom is -0.317 e. The van der Waals surface area contributed by atoms with Crippen LogP contribution in [-0.4, -0.2) is 18.9 Å². The van der Waals surface area contributed by atoms with E-state index < -0.39 is 0 Å². The van der Waals surface area contributed by atoms with Gasteiger partial charge in [0.2, 0.25) is 0 Å². The van der Waals surface area contributed by atoms with Crippen molar-refractivity contribution in [1.29, 1.82) is 0 Å². The standard InChI is InChI=1S/C16H22BrNO/c1-2-7-16(8-10-18-11-9-16)15(19)12-13-3-5-14(17)6-4-13/h3-6,18H,2,7-12H2,1H3. The molecular formula is C16H22BrNO. The Morgan fingerprint density at radius 2 is 1.89 bits per heavy atom. The second-order valence-corrected chi connectivity index (χ2v) is 6.42. The van der Waals surface area contributed by atoms with Gasteiger partial charge < -0.3 is 5.32 Å². The topological polar surface area (TPSA) is 29.1 Å². The Morgan fingerprint density at radius 3 is 2.47 bits per heavy atom. The van der Waals surface area contributed by atoms with E-state index in [1.165, 1.54) is 0 Å². The van der Waals surface area contributed by atoms with Crippen LogP contribution in [0.15, 0.2) is 28.7 Å². The minimum absolute atomic E-state index is 0.0763. The molecule has 1 aromatic rings. The molecule has 0 atom stereocenters. The van der Waals surface area contributed by atoms with Crippen LogP contribution in [-0.2, 0) is 11.2 Å². The van der Waals surface area contributed by atoms with Gasteiger partial charge in [0.1, 0.15) is 5.78 Å². The van der Waals surface area contributed by atoms with Crippen molar-refractivity contribution in [1.82, 2.24) is 5.32 Å². The van der Waals surface area contributed by atoms with Crippen molar-refractivity contribution >= 4 is 21.7 Å². The molecule has 0 aliphatic carbocycles. The van der Waals surface area contributed by atoms with E-state index in [-0.39, 0.29) is 5.41 Å². The Balaban J connectivity index is 2.09. The maximum absolute atomic E-state index is 12.7. The number of carbonyl (C=O) groups is 1. The molecule has 19 heavy (non-hydrogen) atoms. The van der Waals surface area contributed by atoms with Crippen molar-refractivity contribution in [2.75, 3.05) is 13.1 Å². The molecule has 0 aromatic heterocycles. The third-order valence-corrected chi connectivity index (χ3v) is 4.69. The van der Waals surface area contributed by atoms with E-state index in [1.54, 1.807) is 0 Å². The van der Waals surface area contributed by atoms with E-state index in [9.17, 15) is 4.79 Å². The number of hydrogen-bond acceptors (Lipinski definition) is 2. The number of piperidine rings is 1. The number of Topliss-reactive ketones (excluding diaryl/α,β-unsaturated/α-hetero) is 1. The van der Waals surface area contributed by atoms with Gasteiger partial charge in [-0.1, -0.05) is 41.4 Å². The Labute approximate surface area is 124 Å². The van der Waals surface area contributed by atoms with E-state index in [0.29, 0.717) is 12.2 Å². The zero-order valence-electron chi connectivity index (χ0n) is 11.5. The lowest BCUT2D eigenvalue weighted by Crippen LogP contribution is -2.42. The minimum atomic E-state index is -0.0763. The summed E-state index contributed by atoms with van der Waals surface area (Å²) in [5.41, 5.74) is 1.05. The summed E-state index contributed by atoms with van der Waals surface area (Å²) in [7, 11) is 0. The molecule has 0 spiro atoms. The van der Waals surface area contributed by atoms with Gasteiger partial charge in [0.25, 0.3) is 0 Å². The Bertz CT molecular complexity index is 415. The molecule has 1 saturated heterocycles. The van der Waals surface area contributed by atoms with Crippen LogP contribution in [0.25, 0.3) is 0 Å². The van der Waals surface area contributed by atoms with E-state index in [1.807, 2.05) is 24.3 Å². The van der Waals surface area contributed by atoms with Crippen molar-refractivity contribution in [3.8, 4) is 0 Å². The number of nitrogens with one attached hydrogen (secondary N) is 1. The molecule has 1 heterocycles. The first-order valence-electron chi connectivity index (χ1n) is 7.15. The van der Waals surface area contributed by atoms with Crippen molar-refractivity contribution in [2.24, 2.45) is 5.41 Å². The molecule has 2 rings (SSSR count). The monoisotopic (exact) mass is 323 g/mol. The molecule has 3 heteroatoms. The van der Waals surface area contributed by atoms with Gasteiger partial charge in [-0.2, -0.15) is 0 Å². The molecule has 0 radical (unpaired) electrons. The molecule has 104 valence electrons. The van der Waals surface area contributed by atoms with Gasteiger partial charge in [-0.05, 0) is 50.0 Å². The third-order valence-electron chi connectivity index (χ3n) is 4.16. The highest BCUT2D eigenvalue weighted by Gasteiger charge is 2.37. The summed E-state index contributed by atoms with van der Waals surface area (Å²) in [6, 6.07) is 8.11. The normalized spacial score (nSPS) is 18.2. The summed E-state index contributed by atoms with van der Waals surface area (Å²) in [5.74, 6) is 0.429. The van der Waals surface area contributed by atoms with Gasteiger partial charge in [-0.3, -0.25) is 4.79 Å². The molecule has 1 fully saturated rings. The lowest BCUT2D eigenvalue weighted by atomic mass is 9.70. The van der Waals surface area contributed by atoms with E-state index >= 15 is 0 Å². The number of carbonyl (C=O) groups excluding carboxylic acids is 1. The molecule has 0 unspecified atom stereocenters. The fourth-order valence-corrected chi connectivity index (χ4v) is 3.29. The zero-order valence-corrected chi connectivity index (χ0v) is 13.1. The number of rotatable bonds is 5. The molecule has 1 aliphatic rings. The first-order chi connectivity index (χ1) is 9.16. The fraction of sp³-hybridized carbons (Fsp3) is 0.562. The van der Waals surface area contributed by atoms with Gasteiger partial charge in [0.05, 0.1) is 0 Å². The highest BCUT2D eigenvalue weighted by molar-refractivity contribution is 9.10. The highest BCUT2D eigenvalue weighted by atomic mass is 79.9. The van der Waals surface area contributed by atoms with Crippen molar-refractivity contribution < 1.29 is 4.79 Å². The first kappa shape index (κ1) is 14.7. The predicted octanol–water partition coefficient (Wildman–Crippen LogP) is 3.73. The van der Waals surface area contributed by atoms with Crippen LogP contribution in [0.5, 0.6) is 0 Å². The van der Waals surface area contributed by atoms with Crippen LogP contribution in [0, 0.1) is 5.41 Å². The van der Waals surface area contributed by atoms with Crippen molar-refractivity contribution in [2.45, 2.75) is 39.0 Å². The van der Waals surface area contributed by atoms with E-state index in [2.05, 4.69) is 28.2 Å². The average Bonchev–Trinajstić information content (AvgIpc) is 2.43. The van der Waals surface area contributed by atoms with Gasteiger partial charge in [0, 0.05) is 16.3 Å². The summed E-state index contributed by atoms with van der Waals surface area (Å²) in [6.07, 6.45) is 4.69. The summed E-state index contributed by atoms with van der Waals surface area (Å²) in [5, 5.41) is 3.37. The van der Waals surface area contributed by atoms with Gasteiger partial charge >= 0.3 is 0 Å². The van der Waals surface area contributed by atoms with E-state index in [4.69, 9.17) is 0 Å². The van der Waals surface area contributed by atoms with Crippen LogP contribution in [0.2, 0.25) is 0 Å². The second-order valence-electron chi connectivity index (χ2n) is 5.51. The van der Waals surface area contributed by atoms with Crippen LogP contribution >= 0.6 is 15.9 Å². The summed E-state index contributed by atoms with van der Waals surface area (Å²) < 4.78 is 1.06. The SMILES string of the molecule is CCCC1(C(=O)Cc2ccc(Br)cc2)CCNCC1. The highest BCUT2D eigenvalue weighted by Crippen LogP contribution is 2.36. The molecule has 1 N–H and O–H groups in total. The van der Waals surface area contributed by atoms with Crippen LogP contribution in [0.4, 0.5) is 0 Å².